The first-order chi connectivity index (χ1) is 8.72. The summed E-state index contributed by atoms with van der Waals surface area (Å²) in [6.45, 7) is 2.89. The summed E-state index contributed by atoms with van der Waals surface area (Å²) in [6, 6.07) is 5.25. The van der Waals surface area contributed by atoms with E-state index < -0.39 is 0 Å². The van der Waals surface area contributed by atoms with Gasteiger partial charge < -0.3 is 5.32 Å². The Kier molecular flexibility index (Phi) is 4.86. The molecule has 0 aliphatic carbocycles. The van der Waals surface area contributed by atoms with Crippen molar-refractivity contribution in [3.05, 3.63) is 50.6 Å². The summed E-state index contributed by atoms with van der Waals surface area (Å²) < 4.78 is 14.1. The van der Waals surface area contributed by atoms with Gasteiger partial charge in [0.05, 0.1) is 9.98 Å². The maximum atomic E-state index is 13.6. The zero-order valence-electron chi connectivity index (χ0n) is 9.99. The first-order valence-electron chi connectivity index (χ1n) is 5.77. The molecule has 0 bridgehead atoms. The van der Waals surface area contributed by atoms with Crippen molar-refractivity contribution in [2.24, 2.45) is 0 Å². The molecule has 0 saturated carbocycles. The summed E-state index contributed by atoms with van der Waals surface area (Å²) in [4.78, 5) is 5.27. The smallest absolute Gasteiger partial charge is 0.137 e. The molecule has 0 saturated heterocycles. The van der Waals surface area contributed by atoms with Crippen molar-refractivity contribution in [1.29, 1.82) is 0 Å². The van der Waals surface area contributed by atoms with Gasteiger partial charge in [0, 0.05) is 23.5 Å². The molecule has 2 rings (SSSR count). The molecule has 2 aromatic rings. The summed E-state index contributed by atoms with van der Waals surface area (Å²) >= 11 is 4.95. The van der Waals surface area contributed by atoms with E-state index in [4.69, 9.17) is 0 Å². The summed E-state index contributed by atoms with van der Waals surface area (Å²) in [5, 5.41) is 3.39. The lowest BCUT2D eigenvalue weighted by Crippen LogP contribution is -2.23. The van der Waals surface area contributed by atoms with E-state index in [0.717, 1.165) is 18.5 Å². The molecule has 96 valence electrons. The van der Waals surface area contributed by atoms with Gasteiger partial charge in [-0.15, -0.1) is 11.3 Å². The Hall–Kier alpha value is -0.780. The summed E-state index contributed by atoms with van der Waals surface area (Å²) in [6.07, 6.45) is 2.68. The van der Waals surface area contributed by atoms with Gasteiger partial charge in [0.1, 0.15) is 5.82 Å². The van der Waals surface area contributed by atoms with E-state index in [1.165, 1.54) is 10.9 Å². The van der Waals surface area contributed by atoms with Gasteiger partial charge >= 0.3 is 0 Å². The lowest BCUT2D eigenvalue weighted by molar-refractivity contribution is 0.541. The van der Waals surface area contributed by atoms with E-state index >= 15 is 0 Å². The van der Waals surface area contributed by atoms with Crippen LogP contribution in [0.15, 0.2) is 34.4 Å². The monoisotopic (exact) mass is 328 g/mol. The average Bonchev–Trinajstić information content (AvgIpc) is 2.85. The van der Waals surface area contributed by atoms with Gasteiger partial charge in [-0.2, -0.15) is 0 Å². The Morgan fingerprint density at radius 2 is 2.33 bits per heavy atom. The van der Waals surface area contributed by atoms with E-state index in [2.05, 4.69) is 26.2 Å². The highest BCUT2D eigenvalue weighted by Gasteiger charge is 2.16. The van der Waals surface area contributed by atoms with Gasteiger partial charge in [-0.05, 0) is 34.1 Å². The molecule has 0 aliphatic heterocycles. The van der Waals surface area contributed by atoms with Crippen LogP contribution in [0, 0.1) is 5.82 Å². The van der Waals surface area contributed by atoms with Crippen molar-refractivity contribution in [2.45, 2.75) is 19.4 Å². The van der Waals surface area contributed by atoms with Gasteiger partial charge in [-0.25, -0.2) is 4.39 Å². The van der Waals surface area contributed by atoms with Crippen LogP contribution in [-0.4, -0.2) is 11.5 Å². The molecule has 0 radical (unpaired) electrons. The van der Waals surface area contributed by atoms with Crippen molar-refractivity contribution in [1.82, 2.24) is 10.3 Å². The van der Waals surface area contributed by atoms with Gasteiger partial charge in [0.2, 0.25) is 0 Å². The number of benzene rings is 1. The van der Waals surface area contributed by atoms with Crippen LogP contribution in [-0.2, 0) is 6.42 Å². The van der Waals surface area contributed by atoms with E-state index in [-0.39, 0.29) is 11.9 Å². The Bertz CT molecular complexity index is 502. The van der Waals surface area contributed by atoms with Crippen molar-refractivity contribution < 1.29 is 4.39 Å². The maximum absolute atomic E-state index is 13.6. The van der Waals surface area contributed by atoms with Crippen molar-refractivity contribution in [3.8, 4) is 0 Å². The number of aromatic nitrogens is 1. The predicted molar refractivity (Wildman–Crippen MR) is 76.3 cm³/mol. The molecular formula is C13H14BrFN2S. The van der Waals surface area contributed by atoms with E-state index in [1.54, 1.807) is 17.4 Å². The molecule has 1 atom stereocenters. The number of nitrogens with one attached hydrogen (secondary N) is 1. The molecule has 1 aromatic heterocycles. The fourth-order valence-electron chi connectivity index (χ4n) is 1.87. The molecule has 1 heterocycles. The molecule has 1 N–H and O–H groups in total. The number of hydrogen-bond acceptors (Lipinski definition) is 3. The third-order valence-electron chi connectivity index (χ3n) is 2.70. The van der Waals surface area contributed by atoms with Crippen molar-refractivity contribution in [2.75, 3.05) is 6.54 Å². The zero-order chi connectivity index (χ0) is 13.0. The fraction of sp³-hybridized carbons (Fsp3) is 0.308. The molecule has 0 spiro atoms. The number of hydrogen-bond donors (Lipinski definition) is 1. The normalized spacial score (nSPS) is 12.6. The summed E-state index contributed by atoms with van der Waals surface area (Å²) in [5.74, 6) is -0.222. The van der Waals surface area contributed by atoms with Gasteiger partial charge in [0.25, 0.3) is 0 Å². The second kappa shape index (κ2) is 6.41. The van der Waals surface area contributed by atoms with E-state index in [0.29, 0.717) is 4.47 Å². The molecular weight excluding hydrogens is 315 g/mol. The first kappa shape index (κ1) is 13.6. The summed E-state index contributed by atoms with van der Waals surface area (Å²) in [7, 11) is 0. The molecule has 2 nitrogen and oxygen atoms in total. The third kappa shape index (κ3) is 3.16. The second-order valence-electron chi connectivity index (χ2n) is 3.93. The topological polar surface area (TPSA) is 24.9 Å². The van der Waals surface area contributed by atoms with Crippen LogP contribution < -0.4 is 5.32 Å². The Labute approximate surface area is 118 Å². The molecule has 1 unspecified atom stereocenters. The minimum absolute atomic E-state index is 0.0977. The number of thiazole rings is 1. The van der Waals surface area contributed by atoms with Crippen LogP contribution >= 0.6 is 27.3 Å². The summed E-state index contributed by atoms with van der Waals surface area (Å²) in [5.41, 5.74) is 2.77. The number of rotatable bonds is 5. The molecule has 0 amide bonds. The number of halogens is 2. The Morgan fingerprint density at radius 3 is 3.00 bits per heavy atom. The highest BCUT2D eigenvalue weighted by Crippen LogP contribution is 2.29. The lowest BCUT2D eigenvalue weighted by atomic mass is 10.0. The maximum Gasteiger partial charge on any atom is 0.137 e. The molecule has 5 heteroatoms. The van der Waals surface area contributed by atoms with Gasteiger partial charge in [-0.1, -0.05) is 19.1 Å². The molecule has 0 aliphatic rings. The minimum atomic E-state index is -0.222. The molecule has 1 aromatic carbocycles. The van der Waals surface area contributed by atoms with E-state index in [1.807, 2.05) is 24.7 Å². The van der Waals surface area contributed by atoms with Crippen LogP contribution in [0.25, 0.3) is 0 Å². The largest absolute Gasteiger partial charge is 0.310 e. The Balaban J connectivity index is 2.26. The minimum Gasteiger partial charge on any atom is -0.310 e. The van der Waals surface area contributed by atoms with Crippen LogP contribution in [0.1, 0.15) is 23.4 Å². The fourth-order valence-corrected chi connectivity index (χ4v) is 3.05. The highest BCUT2D eigenvalue weighted by atomic mass is 79.9. The quantitative estimate of drug-likeness (QED) is 0.899. The number of nitrogens with zero attached hydrogens (tertiary/aromatic N) is 1. The lowest BCUT2D eigenvalue weighted by Gasteiger charge is -2.19. The van der Waals surface area contributed by atoms with Crippen LogP contribution in [0.3, 0.4) is 0 Å². The predicted octanol–water partition coefficient (Wildman–Crippen LogP) is 3.94. The van der Waals surface area contributed by atoms with Crippen molar-refractivity contribution in [3.63, 3.8) is 0 Å². The molecule has 0 fully saturated rings. The highest BCUT2D eigenvalue weighted by molar-refractivity contribution is 9.10. The SMILES string of the molecule is CCNC(Cc1cncs1)c1cccc(F)c1Br. The van der Waals surface area contributed by atoms with Gasteiger partial charge in [-0.3, -0.25) is 4.98 Å². The molecule has 18 heavy (non-hydrogen) atoms. The standard InChI is InChI=1S/C13H14BrFN2S/c1-2-17-12(6-9-7-16-8-18-9)10-4-3-5-11(15)13(10)14/h3-5,7-8,12,17H,2,6H2,1H3. The van der Waals surface area contributed by atoms with Crippen LogP contribution in [0.5, 0.6) is 0 Å². The third-order valence-corrected chi connectivity index (χ3v) is 4.33. The van der Waals surface area contributed by atoms with Crippen LogP contribution in [0.4, 0.5) is 4.39 Å². The van der Waals surface area contributed by atoms with Gasteiger partial charge in [0.15, 0.2) is 0 Å². The van der Waals surface area contributed by atoms with Crippen LogP contribution in [0.2, 0.25) is 0 Å². The average molecular weight is 329 g/mol. The first-order valence-corrected chi connectivity index (χ1v) is 7.44. The van der Waals surface area contributed by atoms with Crippen molar-refractivity contribution >= 4 is 27.3 Å². The second-order valence-corrected chi connectivity index (χ2v) is 5.69. The zero-order valence-corrected chi connectivity index (χ0v) is 12.4. The number of likely N-dealkylation sites (N-methyl/N-ethyl adjacent to an activating group) is 1. The Morgan fingerprint density at radius 1 is 1.50 bits per heavy atom. The van der Waals surface area contributed by atoms with E-state index in [9.17, 15) is 4.39 Å².